The Balaban J connectivity index is 2.07. The summed E-state index contributed by atoms with van der Waals surface area (Å²) in [4.78, 5) is 12.1. The quantitative estimate of drug-likeness (QED) is 0.343. The van der Waals surface area contributed by atoms with E-state index < -0.39 is 43.4 Å². The van der Waals surface area contributed by atoms with Gasteiger partial charge in [0, 0.05) is 35.4 Å². The maximum atomic E-state index is 14.2. The Kier molecular flexibility index (Phi) is 7.79. The van der Waals surface area contributed by atoms with Crippen molar-refractivity contribution < 1.29 is 35.2 Å². The minimum atomic E-state index is -4.61. The van der Waals surface area contributed by atoms with E-state index in [4.69, 9.17) is 32.2 Å². The third-order valence-corrected chi connectivity index (χ3v) is 12.1. The average Bonchev–Trinajstić information content (AvgIpc) is 2.90. The lowest BCUT2D eigenvalue weighted by Crippen LogP contribution is -2.48. The van der Waals surface area contributed by atoms with E-state index in [2.05, 4.69) is 4.72 Å². The first kappa shape index (κ1) is 28.7. The number of sulfonamides is 1. The zero-order valence-electron chi connectivity index (χ0n) is 19.8. The number of Topliss-reactive ketones (excluding diaryl/α,β-unsaturated/α-hetero) is 1. The zero-order chi connectivity index (χ0) is 27.9. The van der Waals surface area contributed by atoms with E-state index in [1.165, 1.54) is 72.8 Å². The fraction of sp³-hybridized carbons (Fsp3) is 0.125. The lowest BCUT2D eigenvalue weighted by atomic mass is 9.92. The molecule has 38 heavy (non-hydrogen) atoms. The third-order valence-electron chi connectivity index (χ3n) is 5.89. The van der Waals surface area contributed by atoms with Crippen molar-refractivity contribution in [2.75, 3.05) is 14.2 Å². The molecule has 1 aliphatic rings. The van der Waals surface area contributed by atoms with E-state index in [1.54, 1.807) is 0 Å². The monoisotopic (exact) mass is 615 g/mol. The molecule has 0 bridgehead atoms. The van der Waals surface area contributed by atoms with Gasteiger partial charge in [-0.25, -0.2) is 16.8 Å². The molecular weight excluding hydrogens is 596 g/mol. The Morgan fingerprint density at radius 3 is 1.82 bits per heavy atom. The molecule has 9 nitrogen and oxygen atoms in total. The number of rotatable bonds is 8. The number of hydrogen-bond acceptors (Lipinski definition) is 8. The zero-order valence-corrected chi connectivity index (χ0v) is 23.8. The molecule has 0 spiro atoms. The fourth-order valence-corrected chi connectivity index (χ4v) is 9.30. The normalized spacial score (nSPS) is 18.1. The predicted octanol–water partition coefficient (Wildman–Crippen LogP) is 5.16. The van der Waals surface area contributed by atoms with Crippen molar-refractivity contribution >= 4 is 56.4 Å². The molecule has 1 atom stereocenters. The molecule has 0 radical (unpaired) electrons. The predicted molar refractivity (Wildman–Crippen MR) is 143 cm³/mol. The maximum Gasteiger partial charge on any atom is 0.359 e. The molecule has 0 fully saturated rings. The topological polar surface area (TPSA) is 133 Å². The van der Waals surface area contributed by atoms with Crippen molar-refractivity contribution in [2.45, 2.75) is 15.1 Å². The summed E-state index contributed by atoms with van der Waals surface area (Å²) in [6, 6.07) is 15.7. The summed E-state index contributed by atoms with van der Waals surface area (Å²) in [5, 5.41) is -1.94. The van der Waals surface area contributed by atoms with Crippen LogP contribution in [0.2, 0.25) is 10.0 Å². The highest BCUT2D eigenvalue weighted by atomic mass is 35.5. The van der Waals surface area contributed by atoms with Crippen molar-refractivity contribution in [3.63, 3.8) is 0 Å². The van der Waals surface area contributed by atoms with Crippen LogP contribution >= 0.6 is 30.8 Å². The van der Waals surface area contributed by atoms with Gasteiger partial charge in [-0.2, -0.15) is 4.72 Å². The van der Waals surface area contributed by atoms with Crippen LogP contribution in [0.25, 0.3) is 0 Å². The van der Waals surface area contributed by atoms with Gasteiger partial charge in [-0.1, -0.05) is 47.5 Å². The SMILES string of the molecule is COP(=O)(OC)C1(NS(=O)(=O)c2ccc(Cl)cc2)C=C(S(=O)(=O)c2ccc(Cl)cc2)C(=O)c2ccccc21. The van der Waals surface area contributed by atoms with Crippen molar-refractivity contribution in [1.29, 1.82) is 0 Å². The molecule has 200 valence electrons. The van der Waals surface area contributed by atoms with E-state index in [9.17, 15) is 26.2 Å². The second kappa shape index (κ2) is 10.3. The van der Waals surface area contributed by atoms with Gasteiger partial charge in [0.25, 0.3) is 0 Å². The summed E-state index contributed by atoms with van der Waals surface area (Å²) in [6.07, 6.45) is 0.781. The molecule has 0 saturated heterocycles. The molecule has 0 saturated carbocycles. The molecule has 14 heteroatoms. The Bertz CT molecular complexity index is 1700. The summed E-state index contributed by atoms with van der Waals surface area (Å²) >= 11 is 11.8. The lowest BCUT2D eigenvalue weighted by molar-refractivity contribution is 0.103. The average molecular weight is 616 g/mol. The highest BCUT2D eigenvalue weighted by molar-refractivity contribution is 7.96. The van der Waals surface area contributed by atoms with Crippen LogP contribution in [0.15, 0.2) is 93.6 Å². The molecular formula is C24H20Cl2NO8PS2. The fourth-order valence-electron chi connectivity index (χ4n) is 4.03. The number of sulfone groups is 1. The first-order chi connectivity index (χ1) is 17.8. The highest BCUT2D eigenvalue weighted by Gasteiger charge is 2.58. The van der Waals surface area contributed by atoms with E-state index >= 15 is 0 Å². The van der Waals surface area contributed by atoms with Crippen LogP contribution < -0.4 is 4.72 Å². The number of carbonyl (C=O) groups is 1. The number of carbonyl (C=O) groups excluding carboxylic acids is 1. The number of ketones is 1. The second-order valence-corrected chi connectivity index (χ2v) is 14.9. The molecule has 3 aromatic rings. The minimum Gasteiger partial charge on any atom is -0.310 e. The van der Waals surface area contributed by atoms with Gasteiger partial charge >= 0.3 is 7.60 Å². The number of nitrogens with one attached hydrogen (secondary N) is 1. The highest BCUT2D eigenvalue weighted by Crippen LogP contribution is 2.66. The van der Waals surface area contributed by atoms with Gasteiger partial charge in [-0.3, -0.25) is 9.36 Å². The lowest BCUT2D eigenvalue weighted by Gasteiger charge is -2.39. The van der Waals surface area contributed by atoms with Crippen molar-refractivity contribution in [2.24, 2.45) is 0 Å². The van der Waals surface area contributed by atoms with Gasteiger partial charge < -0.3 is 9.05 Å². The van der Waals surface area contributed by atoms with Gasteiger partial charge in [0.05, 0.1) is 9.79 Å². The van der Waals surface area contributed by atoms with Crippen LogP contribution in [0, 0.1) is 0 Å². The molecule has 0 aliphatic heterocycles. The maximum absolute atomic E-state index is 14.2. The van der Waals surface area contributed by atoms with Crippen molar-refractivity contribution in [3.05, 3.63) is 105 Å². The summed E-state index contributed by atoms with van der Waals surface area (Å²) in [5.41, 5.74) is -0.333. The first-order valence-corrected chi connectivity index (χ1v) is 16.0. The molecule has 0 amide bonds. The summed E-state index contributed by atoms with van der Waals surface area (Å²) < 4.78 is 81.5. The number of hydrogen-bond donors (Lipinski definition) is 1. The van der Waals surface area contributed by atoms with Gasteiger partial charge in [0.2, 0.25) is 25.6 Å². The van der Waals surface area contributed by atoms with Crippen molar-refractivity contribution in [1.82, 2.24) is 4.72 Å². The van der Waals surface area contributed by atoms with Crippen LogP contribution in [0.5, 0.6) is 0 Å². The Morgan fingerprint density at radius 1 is 0.789 bits per heavy atom. The molecule has 1 unspecified atom stereocenters. The second-order valence-electron chi connectivity index (χ2n) is 8.03. The number of halogens is 2. The summed E-state index contributed by atoms with van der Waals surface area (Å²) in [7, 11) is -11.7. The molecule has 3 aromatic carbocycles. The van der Waals surface area contributed by atoms with E-state index in [-0.39, 0.29) is 31.0 Å². The Morgan fingerprint density at radius 2 is 1.29 bits per heavy atom. The smallest absolute Gasteiger partial charge is 0.310 e. The third kappa shape index (κ3) is 4.78. The standard InChI is InChI=1S/C24H20Cl2NO8PS2/c1-34-36(29,35-2)24(27-38(32,33)19-13-9-17(26)10-14-19)15-22(23(28)20-5-3-4-6-21(20)24)37(30,31)18-11-7-16(25)8-12-18/h3-15,27H,1-2H3. The molecule has 1 aliphatic carbocycles. The minimum absolute atomic E-state index is 0.121. The van der Waals surface area contributed by atoms with Gasteiger partial charge in [-0.05, 0) is 54.6 Å². The van der Waals surface area contributed by atoms with E-state index in [1.807, 2.05) is 0 Å². The summed E-state index contributed by atoms with van der Waals surface area (Å²) in [5.74, 6) is -0.935. The number of benzene rings is 3. The van der Waals surface area contributed by atoms with Crippen LogP contribution in [0.3, 0.4) is 0 Å². The molecule has 0 heterocycles. The summed E-state index contributed by atoms with van der Waals surface area (Å²) in [6.45, 7) is 0. The Labute approximate surface area is 229 Å². The van der Waals surface area contributed by atoms with Crippen LogP contribution in [-0.2, 0) is 38.8 Å². The molecule has 1 N–H and O–H groups in total. The largest absolute Gasteiger partial charge is 0.359 e. The van der Waals surface area contributed by atoms with E-state index in [0.717, 1.165) is 20.3 Å². The Hall–Kier alpha value is -2.34. The van der Waals surface area contributed by atoms with Crippen molar-refractivity contribution in [3.8, 4) is 0 Å². The van der Waals surface area contributed by atoms with Crippen LogP contribution in [0.1, 0.15) is 15.9 Å². The van der Waals surface area contributed by atoms with Gasteiger partial charge in [0.15, 0.2) is 5.28 Å². The molecule has 0 aromatic heterocycles. The first-order valence-electron chi connectivity index (χ1n) is 10.7. The molecule has 4 rings (SSSR count). The van der Waals surface area contributed by atoms with Crippen LogP contribution in [0.4, 0.5) is 0 Å². The van der Waals surface area contributed by atoms with Gasteiger partial charge in [0.1, 0.15) is 4.91 Å². The number of allylic oxidation sites excluding steroid dienone is 1. The van der Waals surface area contributed by atoms with Gasteiger partial charge in [-0.15, -0.1) is 0 Å². The van der Waals surface area contributed by atoms with E-state index in [0.29, 0.717) is 0 Å². The number of fused-ring (bicyclic) bond motifs is 1. The van der Waals surface area contributed by atoms with Crippen LogP contribution in [-0.4, -0.2) is 36.8 Å².